The van der Waals surface area contributed by atoms with Crippen molar-refractivity contribution >= 4 is 17.5 Å². The Hall–Kier alpha value is -3.07. The average molecular weight is 339 g/mol. The molecular formula is C19H18FN3O2. The summed E-state index contributed by atoms with van der Waals surface area (Å²) in [6.45, 7) is 8.41. The second-order valence-corrected chi connectivity index (χ2v) is 5.87. The van der Waals surface area contributed by atoms with Gasteiger partial charge in [-0.2, -0.15) is 0 Å². The molecule has 1 N–H and O–H groups in total. The predicted molar refractivity (Wildman–Crippen MR) is 93.9 cm³/mol. The topological polar surface area (TPSA) is 45.9 Å². The van der Waals surface area contributed by atoms with Gasteiger partial charge >= 0.3 is 6.09 Å². The molecule has 5 nitrogen and oxygen atoms in total. The fourth-order valence-electron chi connectivity index (χ4n) is 2.78. The molecule has 1 fully saturated rings. The van der Waals surface area contributed by atoms with Crippen LogP contribution in [0.4, 0.5) is 20.6 Å². The highest BCUT2D eigenvalue weighted by atomic mass is 19.1. The summed E-state index contributed by atoms with van der Waals surface area (Å²) in [4.78, 5) is 17.2. The van der Waals surface area contributed by atoms with Crippen LogP contribution in [0.15, 0.2) is 48.5 Å². The van der Waals surface area contributed by atoms with E-state index in [-0.39, 0.29) is 12.6 Å². The van der Waals surface area contributed by atoms with Crippen LogP contribution in [0.3, 0.4) is 0 Å². The number of anilines is 2. The van der Waals surface area contributed by atoms with E-state index in [1.807, 2.05) is 35.2 Å². The third-order valence-electron chi connectivity index (χ3n) is 4.09. The first kappa shape index (κ1) is 16.8. The number of ether oxygens (including phenoxy) is 1. The van der Waals surface area contributed by atoms with Crippen LogP contribution in [0.25, 0.3) is 4.85 Å². The molecule has 2 aromatic carbocycles. The van der Waals surface area contributed by atoms with Gasteiger partial charge in [0.15, 0.2) is 0 Å². The normalized spacial score (nSPS) is 16.3. The highest BCUT2D eigenvalue weighted by Crippen LogP contribution is 2.27. The third kappa shape index (κ3) is 4.27. The van der Waals surface area contributed by atoms with E-state index >= 15 is 0 Å². The molecule has 1 atom stereocenters. The minimum atomic E-state index is -0.634. The quantitative estimate of drug-likeness (QED) is 0.854. The second kappa shape index (κ2) is 7.67. The molecule has 6 heteroatoms. The maximum absolute atomic E-state index is 14.3. The molecule has 1 saturated heterocycles. The minimum absolute atomic E-state index is 0.0786. The van der Waals surface area contributed by atoms with Crippen molar-refractivity contribution in [2.45, 2.75) is 19.1 Å². The lowest BCUT2D eigenvalue weighted by Crippen LogP contribution is -2.21. The molecule has 2 aromatic rings. The summed E-state index contributed by atoms with van der Waals surface area (Å²) in [6.07, 6.45) is 0.111. The van der Waals surface area contributed by atoms with E-state index in [2.05, 4.69) is 10.2 Å². The summed E-state index contributed by atoms with van der Waals surface area (Å²) in [5.41, 5.74) is 1.66. The summed E-state index contributed by atoms with van der Waals surface area (Å²) >= 11 is 0. The molecule has 0 aromatic heterocycles. The molecule has 1 unspecified atom stereocenters. The van der Waals surface area contributed by atoms with Crippen LogP contribution in [0, 0.1) is 12.4 Å². The lowest BCUT2D eigenvalue weighted by atomic mass is 10.2. The monoisotopic (exact) mass is 339 g/mol. The lowest BCUT2D eigenvalue weighted by Gasteiger charge is -2.18. The number of hydrogen-bond acceptors (Lipinski definition) is 3. The van der Waals surface area contributed by atoms with Gasteiger partial charge in [0.25, 0.3) is 0 Å². The van der Waals surface area contributed by atoms with Gasteiger partial charge in [0.1, 0.15) is 12.4 Å². The SMILES string of the molecule is [C-]#[N+]C1CCN(c2ccc(NC(=O)OCc3ccccc3)cc2F)C1. The minimum Gasteiger partial charge on any atom is -0.444 e. The second-order valence-electron chi connectivity index (χ2n) is 5.87. The van der Waals surface area contributed by atoms with Gasteiger partial charge in [-0.25, -0.2) is 15.8 Å². The number of hydrogen-bond donors (Lipinski definition) is 1. The molecule has 1 aliphatic heterocycles. The summed E-state index contributed by atoms with van der Waals surface area (Å²) in [5.74, 6) is -0.425. The van der Waals surface area contributed by atoms with Crippen molar-refractivity contribution in [3.63, 3.8) is 0 Å². The average Bonchev–Trinajstić information content (AvgIpc) is 3.10. The molecule has 0 radical (unpaired) electrons. The van der Waals surface area contributed by atoms with Crippen LogP contribution in [-0.2, 0) is 11.3 Å². The standard InChI is InChI=1S/C19H18FN3O2/c1-21-16-9-10-23(12-16)18-8-7-15(11-17(18)20)22-19(24)25-13-14-5-3-2-4-6-14/h2-8,11,16H,9-10,12-13H2,(H,22,24). The van der Waals surface area contributed by atoms with Crippen LogP contribution in [-0.4, -0.2) is 25.2 Å². The molecule has 0 spiro atoms. The van der Waals surface area contributed by atoms with Gasteiger partial charge in [-0.05, 0) is 23.8 Å². The van der Waals surface area contributed by atoms with Gasteiger partial charge in [-0.15, -0.1) is 0 Å². The maximum atomic E-state index is 14.3. The van der Waals surface area contributed by atoms with E-state index in [0.717, 1.165) is 12.0 Å². The van der Waals surface area contributed by atoms with Gasteiger partial charge in [-0.3, -0.25) is 5.32 Å². The Morgan fingerprint density at radius 3 is 2.80 bits per heavy atom. The fraction of sp³-hybridized carbons (Fsp3) is 0.263. The predicted octanol–water partition coefficient (Wildman–Crippen LogP) is 4.07. The first-order valence-corrected chi connectivity index (χ1v) is 8.04. The van der Waals surface area contributed by atoms with Crippen molar-refractivity contribution in [1.29, 1.82) is 0 Å². The Kier molecular flexibility index (Phi) is 5.14. The van der Waals surface area contributed by atoms with Gasteiger partial charge in [0.05, 0.1) is 12.2 Å². The van der Waals surface area contributed by atoms with Crippen LogP contribution in [0.1, 0.15) is 12.0 Å². The van der Waals surface area contributed by atoms with E-state index in [0.29, 0.717) is 24.5 Å². The Morgan fingerprint density at radius 2 is 2.12 bits per heavy atom. The van der Waals surface area contributed by atoms with E-state index in [1.165, 1.54) is 6.07 Å². The Labute approximate surface area is 145 Å². The van der Waals surface area contributed by atoms with E-state index in [1.54, 1.807) is 12.1 Å². The Bertz CT molecular complexity index is 789. The summed E-state index contributed by atoms with van der Waals surface area (Å²) in [6, 6.07) is 13.8. The van der Waals surface area contributed by atoms with E-state index in [4.69, 9.17) is 11.3 Å². The van der Waals surface area contributed by atoms with Crippen LogP contribution in [0.5, 0.6) is 0 Å². The van der Waals surface area contributed by atoms with Crippen LogP contribution in [0.2, 0.25) is 0 Å². The highest BCUT2D eigenvalue weighted by molar-refractivity contribution is 5.85. The van der Waals surface area contributed by atoms with Gasteiger partial charge in [0.2, 0.25) is 6.04 Å². The first-order valence-electron chi connectivity index (χ1n) is 8.04. The van der Waals surface area contributed by atoms with Crippen molar-refractivity contribution in [3.05, 3.63) is 71.3 Å². The smallest absolute Gasteiger partial charge is 0.411 e. The molecule has 1 heterocycles. The van der Waals surface area contributed by atoms with E-state index in [9.17, 15) is 9.18 Å². The Morgan fingerprint density at radius 1 is 1.32 bits per heavy atom. The van der Waals surface area contributed by atoms with Gasteiger partial charge in [-0.1, -0.05) is 30.3 Å². The number of carbonyl (C=O) groups excluding carboxylic acids is 1. The fourth-order valence-corrected chi connectivity index (χ4v) is 2.78. The number of nitrogens with zero attached hydrogens (tertiary/aromatic N) is 2. The van der Waals surface area contributed by atoms with Crippen molar-refractivity contribution in [2.24, 2.45) is 0 Å². The number of amides is 1. The summed E-state index contributed by atoms with van der Waals surface area (Å²) in [5, 5.41) is 2.52. The number of benzene rings is 2. The van der Waals surface area contributed by atoms with Gasteiger partial charge in [0, 0.05) is 18.7 Å². The molecule has 128 valence electrons. The largest absolute Gasteiger partial charge is 0.444 e. The molecule has 1 amide bonds. The molecule has 0 saturated carbocycles. The summed E-state index contributed by atoms with van der Waals surface area (Å²) < 4.78 is 19.4. The molecule has 3 rings (SSSR count). The van der Waals surface area contributed by atoms with Crippen molar-refractivity contribution in [1.82, 2.24) is 0 Å². The molecule has 1 aliphatic rings. The van der Waals surface area contributed by atoms with Gasteiger partial charge < -0.3 is 14.5 Å². The Balaban J connectivity index is 1.57. The van der Waals surface area contributed by atoms with Crippen molar-refractivity contribution in [3.8, 4) is 0 Å². The number of rotatable bonds is 4. The van der Waals surface area contributed by atoms with Crippen LogP contribution >= 0.6 is 0 Å². The van der Waals surface area contributed by atoms with Crippen molar-refractivity contribution in [2.75, 3.05) is 23.3 Å². The highest BCUT2D eigenvalue weighted by Gasteiger charge is 2.28. The zero-order valence-electron chi connectivity index (χ0n) is 13.6. The van der Waals surface area contributed by atoms with Crippen molar-refractivity contribution < 1.29 is 13.9 Å². The molecule has 25 heavy (non-hydrogen) atoms. The third-order valence-corrected chi connectivity index (χ3v) is 4.09. The number of nitrogens with one attached hydrogen (secondary N) is 1. The zero-order valence-corrected chi connectivity index (χ0v) is 13.6. The molecular weight excluding hydrogens is 321 g/mol. The number of halogens is 1. The first-order chi connectivity index (χ1) is 12.2. The molecule has 0 bridgehead atoms. The number of carbonyl (C=O) groups is 1. The lowest BCUT2D eigenvalue weighted by molar-refractivity contribution is 0.155. The molecule has 0 aliphatic carbocycles. The maximum Gasteiger partial charge on any atom is 0.411 e. The summed E-state index contributed by atoms with van der Waals surface area (Å²) in [7, 11) is 0. The van der Waals surface area contributed by atoms with E-state index < -0.39 is 11.9 Å². The zero-order chi connectivity index (χ0) is 17.6. The van der Waals surface area contributed by atoms with Crippen LogP contribution < -0.4 is 10.2 Å².